The number of carbonyl (C=O) groups excluding carboxylic acids is 1. The second-order valence-corrected chi connectivity index (χ2v) is 5.50. The first-order valence-corrected chi connectivity index (χ1v) is 7.81. The smallest absolute Gasteiger partial charge is 0.335 e. The summed E-state index contributed by atoms with van der Waals surface area (Å²) in [7, 11) is 0. The fourth-order valence-electron chi connectivity index (χ4n) is 2.35. The van der Waals surface area contributed by atoms with Crippen LogP contribution < -0.4 is 10.1 Å². The Balaban J connectivity index is 1.98. The minimum Gasteiger partial charge on any atom is -0.494 e. The average Bonchev–Trinajstić information content (AvgIpc) is 2.54. The van der Waals surface area contributed by atoms with Gasteiger partial charge in [0.2, 0.25) is 5.91 Å². The van der Waals surface area contributed by atoms with Crippen LogP contribution in [0.25, 0.3) is 0 Å². The lowest BCUT2D eigenvalue weighted by Crippen LogP contribution is -2.25. The number of aryl methyl sites for hydroxylation is 1. The molecular weight excluding hydrogens is 306 g/mol. The molecule has 0 saturated carbocycles. The van der Waals surface area contributed by atoms with Crippen LogP contribution in [0.1, 0.15) is 34.0 Å². The molecule has 5 heteroatoms. The highest BCUT2D eigenvalue weighted by Crippen LogP contribution is 2.20. The molecule has 0 atom stereocenters. The quantitative estimate of drug-likeness (QED) is 0.820. The number of nitrogens with one attached hydrogen (secondary N) is 1. The van der Waals surface area contributed by atoms with Crippen LogP contribution in [0.15, 0.2) is 42.5 Å². The molecule has 5 nitrogen and oxygen atoms in total. The Morgan fingerprint density at radius 2 is 1.96 bits per heavy atom. The predicted molar refractivity (Wildman–Crippen MR) is 91.3 cm³/mol. The maximum absolute atomic E-state index is 12.1. The van der Waals surface area contributed by atoms with Crippen LogP contribution in [0.5, 0.6) is 5.75 Å². The summed E-state index contributed by atoms with van der Waals surface area (Å²) in [5, 5.41) is 11.8. The van der Waals surface area contributed by atoms with Crippen LogP contribution in [-0.2, 0) is 17.8 Å². The van der Waals surface area contributed by atoms with Crippen molar-refractivity contribution in [2.75, 3.05) is 6.61 Å². The summed E-state index contributed by atoms with van der Waals surface area (Å²) in [6.07, 6.45) is 0.136. The maximum Gasteiger partial charge on any atom is 0.335 e. The number of carboxylic acid groups (broad SMARTS) is 1. The van der Waals surface area contributed by atoms with Crippen molar-refractivity contribution in [2.45, 2.75) is 26.8 Å². The number of hydrogen-bond acceptors (Lipinski definition) is 3. The summed E-state index contributed by atoms with van der Waals surface area (Å²) in [5.74, 6) is -0.399. The van der Waals surface area contributed by atoms with Crippen molar-refractivity contribution < 1.29 is 19.4 Å². The number of hydrogen-bond donors (Lipinski definition) is 2. The van der Waals surface area contributed by atoms with E-state index in [4.69, 9.17) is 9.84 Å². The molecule has 0 bridgehead atoms. The van der Waals surface area contributed by atoms with Gasteiger partial charge in [-0.05, 0) is 43.2 Å². The van der Waals surface area contributed by atoms with E-state index in [0.29, 0.717) is 18.7 Å². The first kappa shape index (κ1) is 17.5. The molecule has 0 radical (unpaired) electrons. The first-order chi connectivity index (χ1) is 11.5. The summed E-state index contributed by atoms with van der Waals surface area (Å²) < 4.78 is 5.59. The molecule has 0 saturated heterocycles. The summed E-state index contributed by atoms with van der Waals surface area (Å²) in [6.45, 7) is 4.83. The zero-order valence-electron chi connectivity index (χ0n) is 13.8. The van der Waals surface area contributed by atoms with Crippen LogP contribution >= 0.6 is 0 Å². The molecule has 2 aromatic rings. The van der Waals surface area contributed by atoms with Gasteiger partial charge in [-0.15, -0.1) is 0 Å². The Labute approximate surface area is 141 Å². The summed E-state index contributed by atoms with van der Waals surface area (Å²) in [6, 6.07) is 12.2. The molecule has 0 fully saturated rings. The fourth-order valence-corrected chi connectivity index (χ4v) is 2.35. The van der Waals surface area contributed by atoms with Gasteiger partial charge in [0, 0.05) is 12.1 Å². The largest absolute Gasteiger partial charge is 0.494 e. The molecular formula is C19H21NO4. The van der Waals surface area contributed by atoms with Gasteiger partial charge in [0.15, 0.2) is 0 Å². The van der Waals surface area contributed by atoms with Crippen LogP contribution in [0, 0.1) is 6.92 Å². The molecule has 0 aliphatic heterocycles. The monoisotopic (exact) mass is 327 g/mol. The van der Waals surface area contributed by atoms with Crippen LogP contribution in [0.3, 0.4) is 0 Å². The summed E-state index contributed by atoms with van der Waals surface area (Å²) in [4.78, 5) is 23.1. The van der Waals surface area contributed by atoms with Gasteiger partial charge < -0.3 is 15.2 Å². The lowest BCUT2D eigenvalue weighted by molar-refractivity contribution is -0.120. The molecule has 1 amide bonds. The minimum atomic E-state index is -1.00. The Morgan fingerprint density at radius 3 is 2.67 bits per heavy atom. The van der Waals surface area contributed by atoms with Gasteiger partial charge in [-0.2, -0.15) is 0 Å². The highest BCUT2D eigenvalue weighted by Gasteiger charge is 2.09. The molecule has 0 aliphatic rings. The summed E-state index contributed by atoms with van der Waals surface area (Å²) in [5.41, 5.74) is 2.85. The van der Waals surface area contributed by atoms with Crippen molar-refractivity contribution in [1.82, 2.24) is 5.32 Å². The van der Waals surface area contributed by atoms with Crippen molar-refractivity contribution >= 4 is 11.9 Å². The van der Waals surface area contributed by atoms with Crippen molar-refractivity contribution in [3.63, 3.8) is 0 Å². The number of benzene rings is 2. The number of ether oxygens (including phenoxy) is 1. The zero-order valence-corrected chi connectivity index (χ0v) is 13.8. The number of carboxylic acids is 1. The van der Waals surface area contributed by atoms with Crippen LogP contribution in [0.4, 0.5) is 0 Å². The number of aromatic carboxylic acids is 1. The van der Waals surface area contributed by atoms with E-state index in [0.717, 1.165) is 16.9 Å². The van der Waals surface area contributed by atoms with Gasteiger partial charge in [-0.3, -0.25) is 4.79 Å². The van der Waals surface area contributed by atoms with E-state index in [1.165, 1.54) is 12.1 Å². The molecule has 2 rings (SSSR count). The SMILES string of the molecule is CCOc1cc(C)ccc1CNC(=O)Cc1cccc(C(=O)O)c1. The second kappa shape index (κ2) is 8.15. The third kappa shape index (κ3) is 4.84. The Morgan fingerprint density at radius 1 is 1.17 bits per heavy atom. The van der Waals surface area contributed by atoms with E-state index in [2.05, 4.69) is 5.32 Å². The number of rotatable bonds is 7. The molecule has 24 heavy (non-hydrogen) atoms. The van der Waals surface area contributed by atoms with E-state index in [9.17, 15) is 9.59 Å². The molecule has 2 N–H and O–H groups in total. The molecule has 126 valence electrons. The van der Waals surface area contributed by atoms with E-state index in [1.807, 2.05) is 32.0 Å². The summed E-state index contributed by atoms with van der Waals surface area (Å²) >= 11 is 0. The molecule has 0 spiro atoms. The Kier molecular flexibility index (Phi) is 5.95. The van der Waals surface area contributed by atoms with E-state index in [1.54, 1.807) is 12.1 Å². The van der Waals surface area contributed by atoms with Crippen molar-refractivity contribution in [2.24, 2.45) is 0 Å². The van der Waals surface area contributed by atoms with Crippen molar-refractivity contribution in [3.05, 3.63) is 64.7 Å². The molecule has 0 unspecified atom stereocenters. The highest BCUT2D eigenvalue weighted by molar-refractivity contribution is 5.88. The van der Waals surface area contributed by atoms with Gasteiger partial charge in [0.05, 0.1) is 18.6 Å². The van der Waals surface area contributed by atoms with Gasteiger partial charge in [0.1, 0.15) is 5.75 Å². The minimum absolute atomic E-state index is 0.136. The van der Waals surface area contributed by atoms with E-state index >= 15 is 0 Å². The topological polar surface area (TPSA) is 75.6 Å². The Bertz CT molecular complexity index is 740. The van der Waals surface area contributed by atoms with Gasteiger partial charge in [-0.25, -0.2) is 4.79 Å². The second-order valence-electron chi connectivity index (χ2n) is 5.50. The lowest BCUT2D eigenvalue weighted by atomic mass is 10.1. The Hall–Kier alpha value is -2.82. The number of amides is 1. The average molecular weight is 327 g/mol. The van der Waals surface area contributed by atoms with Crippen LogP contribution in [0.2, 0.25) is 0 Å². The lowest BCUT2D eigenvalue weighted by Gasteiger charge is -2.12. The maximum atomic E-state index is 12.1. The third-order valence-electron chi connectivity index (χ3n) is 3.54. The van der Waals surface area contributed by atoms with Gasteiger partial charge in [-0.1, -0.05) is 24.3 Å². The van der Waals surface area contributed by atoms with E-state index in [-0.39, 0.29) is 17.9 Å². The predicted octanol–water partition coefficient (Wildman–Crippen LogP) is 2.95. The number of carbonyl (C=O) groups is 2. The van der Waals surface area contributed by atoms with Crippen molar-refractivity contribution in [3.8, 4) is 5.75 Å². The van der Waals surface area contributed by atoms with Crippen molar-refractivity contribution in [1.29, 1.82) is 0 Å². The van der Waals surface area contributed by atoms with Gasteiger partial charge >= 0.3 is 5.97 Å². The zero-order chi connectivity index (χ0) is 17.5. The normalized spacial score (nSPS) is 10.2. The third-order valence-corrected chi connectivity index (χ3v) is 3.54. The first-order valence-electron chi connectivity index (χ1n) is 7.81. The van der Waals surface area contributed by atoms with Gasteiger partial charge in [0.25, 0.3) is 0 Å². The molecule has 2 aromatic carbocycles. The van der Waals surface area contributed by atoms with E-state index < -0.39 is 5.97 Å². The van der Waals surface area contributed by atoms with Crippen LogP contribution in [-0.4, -0.2) is 23.6 Å². The molecule has 0 aliphatic carbocycles. The fraction of sp³-hybridized carbons (Fsp3) is 0.263. The molecule has 0 heterocycles. The standard InChI is InChI=1S/C19H21NO4/c1-3-24-17-9-13(2)7-8-16(17)12-20-18(21)11-14-5-4-6-15(10-14)19(22)23/h4-10H,3,11-12H2,1-2H3,(H,20,21)(H,22,23). The molecule has 0 aromatic heterocycles. The highest BCUT2D eigenvalue weighted by atomic mass is 16.5.